The lowest BCUT2D eigenvalue weighted by Gasteiger charge is -2.17. The minimum absolute atomic E-state index is 0.160. The van der Waals surface area contributed by atoms with E-state index in [1.54, 1.807) is 18.2 Å². The van der Waals surface area contributed by atoms with Gasteiger partial charge < -0.3 is 14.9 Å². The second-order valence-electron chi connectivity index (χ2n) is 6.92. The van der Waals surface area contributed by atoms with Gasteiger partial charge in [0.1, 0.15) is 5.78 Å². The van der Waals surface area contributed by atoms with Crippen molar-refractivity contribution in [3.63, 3.8) is 0 Å². The highest BCUT2D eigenvalue weighted by atomic mass is 19.1. The van der Waals surface area contributed by atoms with Gasteiger partial charge in [0, 0.05) is 25.2 Å². The van der Waals surface area contributed by atoms with Crippen molar-refractivity contribution in [3.05, 3.63) is 36.2 Å². The van der Waals surface area contributed by atoms with Crippen LogP contribution in [0, 0.1) is 11.8 Å². The van der Waals surface area contributed by atoms with E-state index in [0.29, 0.717) is 25.7 Å². The Bertz CT molecular complexity index is 577. The average Bonchev–Trinajstić information content (AvgIpc) is 2.98. The Morgan fingerprint density at radius 1 is 1.30 bits per heavy atom. The maximum Gasteiger partial charge on any atom is 0.366 e. The number of ether oxygens (including phenoxy) is 1. The molecule has 0 aromatic heterocycles. The van der Waals surface area contributed by atoms with Crippen molar-refractivity contribution in [1.82, 2.24) is 0 Å². The standard InChI is InChI=1S/C21H31FO5/c1-3-4-10-17(22)11-8-12-18-16(13-14-19(18)23)9-6-5-7-15-21(25,26)20(24)27-2/h5-6,8,10,12,16,18,25-26H,3-4,7,9,11,13-15H2,1-2H3/t16-,18+/m0/s1. The number of hydrogen-bond donors (Lipinski definition) is 2. The Hall–Kier alpha value is -1.79. The van der Waals surface area contributed by atoms with Gasteiger partial charge >= 0.3 is 5.97 Å². The van der Waals surface area contributed by atoms with Crippen molar-refractivity contribution in [2.45, 2.75) is 64.1 Å². The van der Waals surface area contributed by atoms with Crippen LogP contribution < -0.4 is 0 Å². The molecule has 0 bridgehead atoms. The minimum Gasteiger partial charge on any atom is -0.465 e. The van der Waals surface area contributed by atoms with Crippen molar-refractivity contribution in [2.75, 3.05) is 7.11 Å². The summed E-state index contributed by atoms with van der Waals surface area (Å²) in [5, 5.41) is 19.0. The third-order valence-electron chi connectivity index (χ3n) is 4.73. The maximum atomic E-state index is 13.6. The molecule has 6 heteroatoms. The quantitative estimate of drug-likeness (QED) is 0.323. The first-order valence-electron chi connectivity index (χ1n) is 9.53. The zero-order chi connectivity index (χ0) is 20.3. The van der Waals surface area contributed by atoms with Gasteiger partial charge in [-0.25, -0.2) is 9.18 Å². The molecule has 0 amide bonds. The van der Waals surface area contributed by atoms with Crippen LogP contribution in [0.4, 0.5) is 4.39 Å². The van der Waals surface area contributed by atoms with Crippen LogP contribution in [0.1, 0.15) is 58.3 Å². The van der Waals surface area contributed by atoms with Gasteiger partial charge in [-0.3, -0.25) is 4.79 Å². The summed E-state index contributed by atoms with van der Waals surface area (Å²) >= 11 is 0. The first-order chi connectivity index (χ1) is 12.8. The van der Waals surface area contributed by atoms with E-state index >= 15 is 0 Å². The number of carbonyl (C=O) groups excluding carboxylic acids is 2. The number of methoxy groups -OCH3 is 1. The molecular formula is C21H31FO5. The number of unbranched alkanes of at least 4 members (excludes halogenated alkanes) is 1. The van der Waals surface area contributed by atoms with Crippen LogP contribution in [0.2, 0.25) is 0 Å². The smallest absolute Gasteiger partial charge is 0.366 e. The topological polar surface area (TPSA) is 83.8 Å². The number of Topliss-reactive ketones (excluding diaryl/α,β-unsaturated/α-hetero) is 1. The van der Waals surface area contributed by atoms with Gasteiger partial charge in [0.25, 0.3) is 5.79 Å². The highest BCUT2D eigenvalue weighted by Gasteiger charge is 2.33. The lowest BCUT2D eigenvalue weighted by Crippen LogP contribution is -2.39. The van der Waals surface area contributed by atoms with Gasteiger partial charge in [0.15, 0.2) is 0 Å². The van der Waals surface area contributed by atoms with Crippen molar-refractivity contribution in [2.24, 2.45) is 11.8 Å². The molecule has 0 unspecified atom stereocenters. The molecule has 1 aliphatic carbocycles. The maximum absolute atomic E-state index is 13.6. The Morgan fingerprint density at radius 3 is 2.70 bits per heavy atom. The summed E-state index contributed by atoms with van der Waals surface area (Å²) in [6.45, 7) is 1.99. The molecule has 0 aliphatic heterocycles. The number of allylic oxidation sites excluding steroid dienone is 6. The van der Waals surface area contributed by atoms with Gasteiger partial charge in [-0.05, 0) is 31.6 Å². The first kappa shape index (κ1) is 23.2. The van der Waals surface area contributed by atoms with Crippen LogP contribution in [0.5, 0.6) is 0 Å². The summed E-state index contributed by atoms with van der Waals surface area (Å²) in [7, 11) is 1.09. The summed E-state index contributed by atoms with van der Waals surface area (Å²) in [6.07, 6.45) is 12.8. The van der Waals surface area contributed by atoms with Gasteiger partial charge in [0.2, 0.25) is 0 Å². The second kappa shape index (κ2) is 11.8. The summed E-state index contributed by atoms with van der Waals surface area (Å²) < 4.78 is 17.9. The fourth-order valence-corrected chi connectivity index (χ4v) is 3.12. The minimum atomic E-state index is -2.48. The molecule has 1 saturated carbocycles. The molecule has 1 aliphatic rings. The first-order valence-corrected chi connectivity index (χ1v) is 9.53. The molecule has 0 aromatic carbocycles. The van der Waals surface area contributed by atoms with E-state index in [1.807, 2.05) is 19.1 Å². The number of aliphatic hydroxyl groups is 2. The number of esters is 1. The summed E-state index contributed by atoms with van der Waals surface area (Å²) in [5.74, 6) is -3.58. The largest absolute Gasteiger partial charge is 0.465 e. The van der Waals surface area contributed by atoms with E-state index in [1.165, 1.54) is 0 Å². The van der Waals surface area contributed by atoms with E-state index in [0.717, 1.165) is 20.0 Å². The zero-order valence-electron chi connectivity index (χ0n) is 16.2. The van der Waals surface area contributed by atoms with Crippen LogP contribution in [-0.4, -0.2) is 34.9 Å². The van der Waals surface area contributed by atoms with Crippen molar-refractivity contribution in [3.8, 4) is 0 Å². The molecule has 1 fully saturated rings. The Balaban J connectivity index is 2.47. The Kier molecular flexibility index (Phi) is 10.2. The molecule has 0 spiro atoms. The number of hydrogen-bond acceptors (Lipinski definition) is 5. The predicted octanol–water partition coefficient (Wildman–Crippen LogP) is 3.76. The molecule has 27 heavy (non-hydrogen) atoms. The normalized spacial score (nSPS) is 21.5. The molecule has 0 aromatic rings. The van der Waals surface area contributed by atoms with Crippen LogP contribution >= 0.6 is 0 Å². The highest BCUT2D eigenvalue weighted by Crippen LogP contribution is 2.33. The summed E-state index contributed by atoms with van der Waals surface area (Å²) in [4.78, 5) is 23.2. The van der Waals surface area contributed by atoms with E-state index in [9.17, 15) is 24.2 Å². The van der Waals surface area contributed by atoms with E-state index in [2.05, 4.69) is 4.74 Å². The fourth-order valence-electron chi connectivity index (χ4n) is 3.12. The van der Waals surface area contributed by atoms with Gasteiger partial charge in [-0.15, -0.1) is 0 Å². The number of carbonyl (C=O) groups is 2. The fraction of sp³-hybridized carbons (Fsp3) is 0.619. The molecule has 152 valence electrons. The predicted molar refractivity (Wildman–Crippen MR) is 101 cm³/mol. The zero-order valence-corrected chi connectivity index (χ0v) is 16.2. The second-order valence-corrected chi connectivity index (χ2v) is 6.92. The lowest BCUT2D eigenvalue weighted by molar-refractivity contribution is -0.208. The molecule has 2 N–H and O–H groups in total. The molecular weight excluding hydrogens is 351 g/mol. The van der Waals surface area contributed by atoms with Gasteiger partial charge in [-0.2, -0.15) is 0 Å². The van der Waals surface area contributed by atoms with Crippen molar-refractivity contribution < 1.29 is 28.9 Å². The Labute approximate surface area is 160 Å². The van der Waals surface area contributed by atoms with Crippen LogP contribution in [-0.2, 0) is 14.3 Å². The average molecular weight is 382 g/mol. The van der Waals surface area contributed by atoms with Crippen molar-refractivity contribution >= 4 is 11.8 Å². The molecule has 0 saturated heterocycles. The van der Waals surface area contributed by atoms with E-state index < -0.39 is 11.8 Å². The third kappa shape index (κ3) is 8.18. The third-order valence-corrected chi connectivity index (χ3v) is 4.73. The molecule has 0 radical (unpaired) electrons. The van der Waals surface area contributed by atoms with Crippen LogP contribution in [0.15, 0.2) is 36.2 Å². The highest BCUT2D eigenvalue weighted by molar-refractivity contribution is 5.85. The van der Waals surface area contributed by atoms with Gasteiger partial charge in [-0.1, -0.05) is 43.7 Å². The monoisotopic (exact) mass is 382 g/mol. The Morgan fingerprint density at radius 2 is 2.04 bits per heavy atom. The lowest BCUT2D eigenvalue weighted by atomic mass is 9.91. The molecule has 5 nitrogen and oxygen atoms in total. The van der Waals surface area contributed by atoms with E-state index in [-0.39, 0.29) is 36.3 Å². The number of ketones is 1. The number of halogens is 1. The van der Waals surface area contributed by atoms with Crippen molar-refractivity contribution in [1.29, 1.82) is 0 Å². The summed E-state index contributed by atoms with van der Waals surface area (Å²) in [5.41, 5.74) is 0. The SMILES string of the molecule is CCCC=C(F)CC=C[C@H]1C(=O)CC[C@@H]1CC=CCCC(O)(O)C(=O)OC. The summed E-state index contributed by atoms with van der Waals surface area (Å²) in [6, 6.07) is 0. The number of rotatable bonds is 11. The van der Waals surface area contributed by atoms with Crippen LogP contribution in [0.3, 0.4) is 0 Å². The molecule has 2 atom stereocenters. The van der Waals surface area contributed by atoms with Gasteiger partial charge in [0.05, 0.1) is 12.9 Å². The van der Waals surface area contributed by atoms with E-state index in [4.69, 9.17) is 0 Å². The van der Waals surface area contributed by atoms with Crippen LogP contribution in [0.25, 0.3) is 0 Å². The molecule has 0 heterocycles. The molecule has 1 rings (SSSR count).